The molecule has 0 bridgehead atoms. The van der Waals surface area contributed by atoms with Gasteiger partial charge in [-0.2, -0.15) is 5.10 Å². The molecule has 0 saturated heterocycles. The molecule has 9 heavy (non-hydrogen) atoms. The average molecular weight is 122 g/mol. The van der Waals surface area contributed by atoms with Gasteiger partial charge in [0.15, 0.2) is 0 Å². The number of hydrogen-bond donors (Lipinski definition) is 1. The molecule has 3 heteroatoms. The van der Waals surface area contributed by atoms with Crippen molar-refractivity contribution >= 4 is 5.78 Å². The Morgan fingerprint density at radius 1 is 1.56 bits per heavy atom. The van der Waals surface area contributed by atoms with Crippen molar-refractivity contribution in [3.8, 4) is 0 Å². The van der Waals surface area contributed by atoms with Gasteiger partial charge >= 0.3 is 0 Å². The maximum absolute atomic E-state index is 10.7. The van der Waals surface area contributed by atoms with Gasteiger partial charge in [0, 0.05) is 18.2 Å². The molecule has 0 amide bonds. The van der Waals surface area contributed by atoms with Crippen LogP contribution >= 0.6 is 0 Å². The summed E-state index contributed by atoms with van der Waals surface area (Å²) in [4.78, 5) is 10.7. The molecule has 0 radical (unpaired) electrons. The fourth-order valence-electron chi connectivity index (χ4n) is 1.11. The molecule has 3 nitrogen and oxygen atoms in total. The molecule has 2 rings (SSSR count). The zero-order valence-electron chi connectivity index (χ0n) is 4.85. The largest absolute Gasteiger partial charge is 0.299 e. The number of Topliss-reactive ketones (excluding diaryl/α,β-unsaturated/α-hetero) is 1. The third kappa shape index (κ3) is 0.575. The fraction of sp³-hybridized carbons (Fsp3) is 0.333. The zero-order valence-corrected chi connectivity index (χ0v) is 4.85. The SMILES string of the molecule is O=C1Cc2c[nH]nc2C1. The molecule has 1 heterocycles. The first kappa shape index (κ1) is 4.73. The monoisotopic (exact) mass is 122 g/mol. The van der Waals surface area contributed by atoms with Gasteiger partial charge in [-0.05, 0) is 0 Å². The van der Waals surface area contributed by atoms with Gasteiger partial charge in [-0.15, -0.1) is 0 Å². The Labute approximate surface area is 52.1 Å². The molecule has 0 unspecified atom stereocenters. The van der Waals surface area contributed by atoms with Crippen molar-refractivity contribution in [2.75, 3.05) is 0 Å². The highest BCUT2D eigenvalue weighted by Gasteiger charge is 2.19. The van der Waals surface area contributed by atoms with Crippen LogP contribution in [-0.4, -0.2) is 16.0 Å². The van der Waals surface area contributed by atoms with E-state index in [0.717, 1.165) is 11.3 Å². The first-order valence-corrected chi connectivity index (χ1v) is 2.89. The third-order valence-corrected chi connectivity index (χ3v) is 1.56. The van der Waals surface area contributed by atoms with Crippen LogP contribution in [0.15, 0.2) is 6.20 Å². The molecule has 0 fully saturated rings. The highest BCUT2D eigenvalue weighted by atomic mass is 16.1. The summed E-state index contributed by atoms with van der Waals surface area (Å²) in [6, 6.07) is 0. The zero-order chi connectivity index (χ0) is 6.27. The van der Waals surface area contributed by atoms with E-state index < -0.39 is 0 Å². The van der Waals surface area contributed by atoms with Crippen LogP contribution in [0.3, 0.4) is 0 Å². The summed E-state index contributed by atoms with van der Waals surface area (Å²) in [5.74, 6) is 0.279. The highest BCUT2D eigenvalue weighted by molar-refractivity contribution is 5.87. The number of H-pyrrole nitrogens is 1. The maximum atomic E-state index is 10.7. The van der Waals surface area contributed by atoms with Crippen LogP contribution in [0.4, 0.5) is 0 Å². The number of fused-ring (bicyclic) bond motifs is 1. The summed E-state index contributed by atoms with van der Waals surface area (Å²) < 4.78 is 0. The smallest absolute Gasteiger partial charge is 0.143 e. The van der Waals surface area contributed by atoms with Crippen LogP contribution in [0.1, 0.15) is 11.3 Å². The molecular formula is C6H6N2O. The highest BCUT2D eigenvalue weighted by Crippen LogP contribution is 2.14. The van der Waals surface area contributed by atoms with Crippen molar-refractivity contribution < 1.29 is 4.79 Å². The van der Waals surface area contributed by atoms with Crippen LogP contribution in [-0.2, 0) is 17.6 Å². The number of nitrogens with zero attached hydrogens (tertiary/aromatic N) is 1. The summed E-state index contributed by atoms with van der Waals surface area (Å²) in [6.45, 7) is 0. The molecular weight excluding hydrogens is 116 g/mol. The van der Waals surface area contributed by atoms with Crippen molar-refractivity contribution in [1.82, 2.24) is 10.2 Å². The number of ketones is 1. The fourth-order valence-corrected chi connectivity index (χ4v) is 1.11. The minimum Gasteiger partial charge on any atom is -0.299 e. The number of aromatic amines is 1. The number of aromatic nitrogens is 2. The van der Waals surface area contributed by atoms with E-state index >= 15 is 0 Å². The van der Waals surface area contributed by atoms with E-state index in [2.05, 4.69) is 10.2 Å². The van der Waals surface area contributed by atoms with E-state index in [9.17, 15) is 4.79 Å². The van der Waals surface area contributed by atoms with Crippen LogP contribution in [0.2, 0.25) is 0 Å². The van der Waals surface area contributed by atoms with Crippen molar-refractivity contribution in [1.29, 1.82) is 0 Å². The van der Waals surface area contributed by atoms with Gasteiger partial charge in [-0.1, -0.05) is 0 Å². The molecule has 46 valence electrons. The lowest BCUT2D eigenvalue weighted by Gasteiger charge is -1.78. The van der Waals surface area contributed by atoms with Crippen LogP contribution in [0.25, 0.3) is 0 Å². The number of carbonyl (C=O) groups excluding carboxylic acids is 1. The average Bonchev–Trinajstić information content (AvgIpc) is 2.22. The molecule has 0 aromatic carbocycles. The predicted octanol–water partition coefficient (Wildman–Crippen LogP) is 0.0774. The van der Waals surface area contributed by atoms with Gasteiger partial charge in [-0.3, -0.25) is 9.89 Å². The molecule has 1 aliphatic rings. The molecule has 1 aromatic rings. The second kappa shape index (κ2) is 1.43. The van der Waals surface area contributed by atoms with Crippen molar-refractivity contribution in [2.45, 2.75) is 12.8 Å². The van der Waals surface area contributed by atoms with Crippen LogP contribution in [0.5, 0.6) is 0 Å². The summed E-state index contributed by atoms with van der Waals surface area (Å²) in [6.07, 6.45) is 2.89. The molecule has 1 aliphatic carbocycles. The number of hydrogen-bond acceptors (Lipinski definition) is 2. The third-order valence-electron chi connectivity index (χ3n) is 1.56. The summed E-state index contributed by atoms with van der Waals surface area (Å²) in [7, 11) is 0. The number of rotatable bonds is 0. The lowest BCUT2D eigenvalue weighted by atomic mass is 10.3. The van der Waals surface area contributed by atoms with Crippen molar-refractivity contribution in [2.24, 2.45) is 0 Å². The Morgan fingerprint density at radius 2 is 2.44 bits per heavy atom. The Kier molecular flexibility index (Phi) is 0.754. The van der Waals surface area contributed by atoms with E-state index in [1.807, 2.05) is 0 Å². The lowest BCUT2D eigenvalue weighted by Crippen LogP contribution is -1.94. The quantitative estimate of drug-likeness (QED) is 0.529. The molecule has 0 atom stereocenters. The van der Waals surface area contributed by atoms with Crippen LogP contribution < -0.4 is 0 Å². The summed E-state index contributed by atoms with van der Waals surface area (Å²) >= 11 is 0. The first-order chi connectivity index (χ1) is 4.36. The predicted molar refractivity (Wildman–Crippen MR) is 31.0 cm³/mol. The number of nitrogens with one attached hydrogen (secondary N) is 1. The second-order valence-corrected chi connectivity index (χ2v) is 2.25. The van der Waals surface area contributed by atoms with Crippen molar-refractivity contribution in [3.63, 3.8) is 0 Å². The van der Waals surface area contributed by atoms with E-state index in [0.29, 0.717) is 12.8 Å². The second-order valence-electron chi connectivity index (χ2n) is 2.25. The van der Waals surface area contributed by atoms with E-state index in [4.69, 9.17) is 0 Å². The Bertz CT molecular complexity index is 229. The van der Waals surface area contributed by atoms with Crippen molar-refractivity contribution in [3.05, 3.63) is 17.5 Å². The van der Waals surface area contributed by atoms with Gasteiger partial charge < -0.3 is 0 Å². The molecule has 0 saturated carbocycles. The minimum absolute atomic E-state index is 0.279. The van der Waals surface area contributed by atoms with Gasteiger partial charge in [0.25, 0.3) is 0 Å². The Morgan fingerprint density at radius 3 is 3.22 bits per heavy atom. The summed E-state index contributed by atoms with van der Waals surface area (Å²) in [5.41, 5.74) is 2.00. The Balaban J connectivity index is 2.49. The molecule has 1 N–H and O–H groups in total. The van der Waals surface area contributed by atoms with Gasteiger partial charge in [0.1, 0.15) is 5.78 Å². The standard InChI is InChI=1S/C6H6N2O/c9-5-1-4-3-7-8-6(4)2-5/h3H,1-2H2,(H,7,8). The first-order valence-electron chi connectivity index (χ1n) is 2.89. The van der Waals surface area contributed by atoms with E-state index in [1.165, 1.54) is 0 Å². The van der Waals surface area contributed by atoms with Gasteiger partial charge in [0.05, 0.1) is 12.1 Å². The van der Waals surface area contributed by atoms with E-state index in [-0.39, 0.29) is 5.78 Å². The van der Waals surface area contributed by atoms with Crippen LogP contribution in [0, 0.1) is 0 Å². The summed E-state index contributed by atoms with van der Waals surface area (Å²) in [5, 5.41) is 6.62. The van der Waals surface area contributed by atoms with Gasteiger partial charge in [0.2, 0.25) is 0 Å². The minimum atomic E-state index is 0.279. The Hall–Kier alpha value is -1.12. The van der Waals surface area contributed by atoms with E-state index in [1.54, 1.807) is 6.20 Å². The topological polar surface area (TPSA) is 45.8 Å². The lowest BCUT2D eigenvalue weighted by molar-refractivity contribution is -0.117. The number of carbonyl (C=O) groups is 1. The van der Waals surface area contributed by atoms with Gasteiger partial charge in [-0.25, -0.2) is 0 Å². The molecule has 0 aliphatic heterocycles. The molecule has 1 aromatic heterocycles. The normalized spacial score (nSPS) is 16.2. The molecule has 0 spiro atoms. The maximum Gasteiger partial charge on any atom is 0.143 e.